The zero-order valence-electron chi connectivity index (χ0n) is 6.12. The largest absolute Gasteiger partial charge is 0.397 e. The number of hydrogen-bond donors (Lipinski definition) is 2. The Morgan fingerprint density at radius 2 is 2.36 bits per heavy atom. The zero-order valence-corrected chi connectivity index (χ0v) is 6.12. The first-order chi connectivity index (χ1) is 5.34. The van der Waals surface area contributed by atoms with Gasteiger partial charge in [-0.1, -0.05) is 0 Å². The Morgan fingerprint density at radius 1 is 1.55 bits per heavy atom. The first-order valence-electron chi connectivity index (χ1n) is 3.69. The van der Waals surface area contributed by atoms with Crippen LogP contribution >= 0.6 is 0 Å². The highest BCUT2D eigenvalue weighted by atomic mass is 15.2. The van der Waals surface area contributed by atoms with Crippen LogP contribution < -0.4 is 11.1 Å². The number of rotatable bonds is 2. The minimum atomic E-state index is 0.603. The van der Waals surface area contributed by atoms with E-state index in [1.54, 1.807) is 6.07 Å². The number of nitrogen functional groups attached to an aromatic ring is 1. The molecule has 0 spiro atoms. The van der Waals surface area contributed by atoms with Crippen molar-refractivity contribution in [3.05, 3.63) is 12.3 Å². The molecule has 11 heavy (non-hydrogen) atoms. The van der Waals surface area contributed by atoms with E-state index in [0.29, 0.717) is 11.7 Å². The minimum absolute atomic E-state index is 0.603. The summed E-state index contributed by atoms with van der Waals surface area (Å²) < 4.78 is 0. The molecule has 0 radical (unpaired) electrons. The molecule has 2 rings (SSSR count). The van der Waals surface area contributed by atoms with E-state index in [1.807, 2.05) is 0 Å². The highest BCUT2D eigenvalue weighted by molar-refractivity contribution is 5.47. The number of aromatic nitrogens is 2. The van der Waals surface area contributed by atoms with Crippen LogP contribution in [0, 0.1) is 0 Å². The van der Waals surface area contributed by atoms with Crippen LogP contribution in [-0.2, 0) is 0 Å². The van der Waals surface area contributed by atoms with E-state index in [-0.39, 0.29) is 0 Å². The van der Waals surface area contributed by atoms with Crippen molar-refractivity contribution in [1.29, 1.82) is 0 Å². The van der Waals surface area contributed by atoms with Crippen LogP contribution in [0.5, 0.6) is 0 Å². The van der Waals surface area contributed by atoms with E-state index in [9.17, 15) is 0 Å². The van der Waals surface area contributed by atoms with Crippen molar-refractivity contribution in [2.75, 3.05) is 11.1 Å². The summed E-state index contributed by atoms with van der Waals surface area (Å²) in [6, 6.07) is 2.40. The lowest BCUT2D eigenvalue weighted by Gasteiger charge is -2.01. The molecule has 0 aromatic carbocycles. The van der Waals surface area contributed by atoms with Crippen molar-refractivity contribution >= 4 is 11.5 Å². The molecule has 0 saturated heterocycles. The van der Waals surface area contributed by atoms with Crippen molar-refractivity contribution < 1.29 is 0 Å². The number of anilines is 2. The minimum Gasteiger partial charge on any atom is -0.397 e. The van der Waals surface area contributed by atoms with Crippen LogP contribution in [0.2, 0.25) is 0 Å². The summed E-state index contributed by atoms with van der Waals surface area (Å²) in [5.74, 6) is 0.785. The monoisotopic (exact) mass is 150 g/mol. The van der Waals surface area contributed by atoms with E-state index >= 15 is 0 Å². The topological polar surface area (TPSA) is 63.8 Å². The SMILES string of the molecule is Nc1cnnc(NC2CC2)c1. The molecule has 0 bridgehead atoms. The van der Waals surface area contributed by atoms with Crippen molar-refractivity contribution in [1.82, 2.24) is 10.2 Å². The molecule has 3 N–H and O–H groups in total. The lowest BCUT2D eigenvalue weighted by atomic mass is 10.4. The molecular formula is C7H10N4. The number of nitrogens with two attached hydrogens (primary N) is 1. The number of nitrogens with zero attached hydrogens (tertiary/aromatic N) is 2. The van der Waals surface area contributed by atoms with Gasteiger partial charge in [0.15, 0.2) is 5.82 Å². The third kappa shape index (κ3) is 1.58. The average Bonchev–Trinajstić information content (AvgIpc) is 2.71. The third-order valence-electron chi connectivity index (χ3n) is 1.61. The van der Waals surface area contributed by atoms with Crippen molar-refractivity contribution in [3.63, 3.8) is 0 Å². The van der Waals surface area contributed by atoms with Crippen LogP contribution in [0.25, 0.3) is 0 Å². The maximum Gasteiger partial charge on any atom is 0.150 e. The van der Waals surface area contributed by atoms with Crippen LogP contribution in [0.1, 0.15) is 12.8 Å². The molecular weight excluding hydrogens is 140 g/mol. The van der Waals surface area contributed by atoms with Crippen molar-refractivity contribution in [3.8, 4) is 0 Å². The molecule has 1 fully saturated rings. The summed E-state index contributed by atoms with van der Waals surface area (Å²) in [4.78, 5) is 0. The van der Waals surface area contributed by atoms with E-state index < -0.39 is 0 Å². The summed E-state index contributed by atoms with van der Waals surface area (Å²) in [7, 11) is 0. The first kappa shape index (κ1) is 6.39. The summed E-state index contributed by atoms with van der Waals surface area (Å²) >= 11 is 0. The second-order valence-corrected chi connectivity index (χ2v) is 2.79. The van der Waals surface area contributed by atoms with E-state index in [2.05, 4.69) is 15.5 Å². The van der Waals surface area contributed by atoms with Crippen LogP contribution in [0.3, 0.4) is 0 Å². The Balaban J connectivity index is 2.10. The molecule has 4 heteroatoms. The lowest BCUT2D eigenvalue weighted by Crippen LogP contribution is -2.04. The standard InChI is InChI=1S/C7H10N4/c8-5-3-7(11-9-4-5)10-6-1-2-6/h3-4,6H,1-2H2,(H3,8,10,11). The number of nitrogens with one attached hydrogen (secondary N) is 1. The number of hydrogen-bond acceptors (Lipinski definition) is 4. The highest BCUT2D eigenvalue weighted by Gasteiger charge is 2.21. The summed E-state index contributed by atoms with van der Waals surface area (Å²) in [6.07, 6.45) is 4.00. The molecule has 1 aromatic rings. The Labute approximate surface area is 64.8 Å². The summed E-state index contributed by atoms with van der Waals surface area (Å²) in [5.41, 5.74) is 6.17. The maximum absolute atomic E-state index is 5.51. The van der Waals surface area contributed by atoms with Gasteiger partial charge in [-0.15, -0.1) is 5.10 Å². The maximum atomic E-state index is 5.51. The quantitative estimate of drug-likeness (QED) is 0.649. The fraction of sp³-hybridized carbons (Fsp3) is 0.429. The predicted octanol–water partition coefficient (Wildman–Crippen LogP) is 0.633. The van der Waals surface area contributed by atoms with E-state index in [4.69, 9.17) is 5.73 Å². The molecule has 0 atom stereocenters. The molecule has 0 unspecified atom stereocenters. The third-order valence-corrected chi connectivity index (χ3v) is 1.61. The summed E-state index contributed by atoms with van der Waals surface area (Å²) in [6.45, 7) is 0. The second-order valence-electron chi connectivity index (χ2n) is 2.79. The molecule has 4 nitrogen and oxygen atoms in total. The van der Waals surface area contributed by atoms with Gasteiger partial charge >= 0.3 is 0 Å². The van der Waals surface area contributed by atoms with Crippen LogP contribution in [0.4, 0.5) is 11.5 Å². The van der Waals surface area contributed by atoms with Gasteiger partial charge < -0.3 is 11.1 Å². The molecule has 1 aromatic heterocycles. The van der Waals surface area contributed by atoms with Gasteiger partial charge in [-0.05, 0) is 12.8 Å². The molecule has 0 aliphatic heterocycles. The molecule has 1 aliphatic rings. The molecule has 1 aliphatic carbocycles. The van der Waals surface area contributed by atoms with E-state index in [1.165, 1.54) is 19.0 Å². The van der Waals surface area contributed by atoms with Gasteiger partial charge in [-0.3, -0.25) is 0 Å². The predicted molar refractivity (Wildman–Crippen MR) is 43.1 cm³/mol. The molecule has 58 valence electrons. The van der Waals surface area contributed by atoms with Crippen molar-refractivity contribution in [2.45, 2.75) is 18.9 Å². The molecule has 1 heterocycles. The van der Waals surface area contributed by atoms with E-state index in [0.717, 1.165) is 5.82 Å². The molecule has 1 saturated carbocycles. The Kier molecular flexibility index (Phi) is 1.38. The lowest BCUT2D eigenvalue weighted by molar-refractivity contribution is 1.00. The normalized spacial score (nSPS) is 16.4. The van der Waals surface area contributed by atoms with Crippen LogP contribution in [-0.4, -0.2) is 16.2 Å². The zero-order chi connectivity index (χ0) is 7.68. The van der Waals surface area contributed by atoms with Gasteiger partial charge in [0.1, 0.15) is 0 Å². The summed E-state index contributed by atoms with van der Waals surface area (Å²) in [5, 5.41) is 10.8. The van der Waals surface area contributed by atoms with Gasteiger partial charge in [-0.2, -0.15) is 5.10 Å². The average molecular weight is 150 g/mol. The second kappa shape index (κ2) is 2.38. The highest BCUT2D eigenvalue weighted by Crippen LogP contribution is 2.23. The van der Waals surface area contributed by atoms with Gasteiger partial charge in [0.25, 0.3) is 0 Å². The van der Waals surface area contributed by atoms with Gasteiger partial charge in [0.05, 0.1) is 11.9 Å². The fourth-order valence-electron chi connectivity index (χ4n) is 0.889. The fourth-order valence-corrected chi connectivity index (χ4v) is 0.889. The van der Waals surface area contributed by atoms with Crippen LogP contribution in [0.15, 0.2) is 12.3 Å². The van der Waals surface area contributed by atoms with Crippen molar-refractivity contribution in [2.24, 2.45) is 0 Å². The molecule has 0 amide bonds. The smallest absolute Gasteiger partial charge is 0.150 e. The Bertz CT molecular complexity index is 256. The Hall–Kier alpha value is -1.32. The Morgan fingerprint density at radius 3 is 3.00 bits per heavy atom. The van der Waals surface area contributed by atoms with Gasteiger partial charge in [-0.25, -0.2) is 0 Å². The van der Waals surface area contributed by atoms with Gasteiger partial charge in [0, 0.05) is 12.1 Å². The van der Waals surface area contributed by atoms with Gasteiger partial charge in [0.2, 0.25) is 0 Å². The first-order valence-corrected chi connectivity index (χ1v) is 3.69.